The maximum absolute atomic E-state index is 13.1. The fourth-order valence-corrected chi connectivity index (χ4v) is 4.28. The van der Waals surface area contributed by atoms with Gasteiger partial charge in [0.05, 0.1) is 17.3 Å². The highest BCUT2D eigenvalue weighted by Gasteiger charge is 2.38. The molecule has 0 aliphatic carbocycles. The SMILES string of the molecule is Cc1ccccc1-n1nccc1[C@H]1OCC[C@@H]1C(=O)Nc1nnc2n1CCCC2. The second kappa shape index (κ2) is 7.44. The van der Waals surface area contributed by atoms with Gasteiger partial charge in [-0.1, -0.05) is 18.2 Å². The van der Waals surface area contributed by atoms with Crippen molar-refractivity contribution < 1.29 is 9.53 Å². The Morgan fingerprint density at radius 2 is 2.10 bits per heavy atom. The topological polar surface area (TPSA) is 86.9 Å². The number of nitrogens with one attached hydrogen (secondary N) is 1. The first-order valence-electron chi connectivity index (χ1n) is 10.2. The number of aromatic nitrogens is 5. The van der Waals surface area contributed by atoms with Crippen LogP contribution in [0.2, 0.25) is 0 Å². The zero-order valence-corrected chi connectivity index (χ0v) is 16.4. The van der Waals surface area contributed by atoms with Gasteiger partial charge >= 0.3 is 0 Å². The van der Waals surface area contributed by atoms with Crippen molar-refractivity contribution in [3.63, 3.8) is 0 Å². The lowest BCUT2D eigenvalue weighted by molar-refractivity contribution is -0.121. The molecule has 2 aliphatic heterocycles. The number of fused-ring (bicyclic) bond motifs is 1. The number of ether oxygens (including phenoxy) is 1. The van der Waals surface area contributed by atoms with Crippen molar-refractivity contribution in [2.45, 2.75) is 45.3 Å². The number of carbonyl (C=O) groups is 1. The molecule has 2 aliphatic rings. The molecule has 3 aromatic rings. The van der Waals surface area contributed by atoms with Gasteiger partial charge in [0.15, 0.2) is 0 Å². The summed E-state index contributed by atoms with van der Waals surface area (Å²) in [7, 11) is 0. The van der Waals surface area contributed by atoms with E-state index in [-0.39, 0.29) is 17.9 Å². The van der Waals surface area contributed by atoms with E-state index in [4.69, 9.17) is 4.74 Å². The fourth-order valence-electron chi connectivity index (χ4n) is 4.28. The Morgan fingerprint density at radius 1 is 1.21 bits per heavy atom. The summed E-state index contributed by atoms with van der Waals surface area (Å²) < 4.78 is 9.90. The van der Waals surface area contributed by atoms with Crippen LogP contribution in [-0.4, -0.2) is 37.1 Å². The Labute approximate surface area is 168 Å². The Hall–Kier alpha value is -3.00. The first kappa shape index (κ1) is 18.1. The van der Waals surface area contributed by atoms with Crippen LogP contribution in [0, 0.1) is 12.8 Å². The lowest BCUT2D eigenvalue weighted by Gasteiger charge is -2.20. The number of amides is 1. The van der Waals surface area contributed by atoms with Crippen LogP contribution in [-0.2, 0) is 22.5 Å². The van der Waals surface area contributed by atoms with Gasteiger partial charge in [0.25, 0.3) is 0 Å². The Bertz CT molecular complexity index is 1040. The number of nitrogens with zero attached hydrogens (tertiary/aromatic N) is 5. The minimum atomic E-state index is -0.346. The second-order valence-electron chi connectivity index (χ2n) is 7.68. The average molecular weight is 392 g/mol. The first-order valence-corrected chi connectivity index (χ1v) is 10.2. The molecule has 1 fully saturated rings. The summed E-state index contributed by atoms with van der Waals surface area (Å²) in [4.78, 5) is 13.1. The monoisotopic (exact) mass is 392 g/mol. The van der Waals surface area contributed by atoms with E-state index in [1.165, 1.54) is 0 Å². The molecule has 8 heteroatoms. The zero-order chi connectivity index (χ0) is 19.8. The maximum atomic E-state index is 13.1. The number of hydrogen-bond donors (Lipinski definition) is 1. The smallest absolute Gasteiger partial charge is 0.232 e. The van der Waals surface area contributed by atoms with Gasteiger partial charge in [-0.25, -0.2) is 4.68 Å². The molecule has 4 heterocycles. The summed E-state index contributed by atoms with van der Waals surface area (Å²) in [6.45, 7) is 3.44. The van der Waals surface area contributed by atoms with Crippen molar-refractivity contribution in [3.05, 3.63) is 53.6 Å². The van der Waals surface area contributed by atoms with E-state index in [0.717, 1.165) is 48.6 Å². The molecule has 2 atom stereocenters. The van der Waals surface area contributed by atoms with Crippen LogP contribution in [0.3, 0.4) is 0 Å². The van der Waals surface area contributed by atoms with Crippen molar-refractivity contribution in [2.75, 3.05) is 11.9 Å². The molecule has 1 aromatic carbocycles. The summed E-state index contributed by atoms with van der Waals surface area (Å²) in [5, 5.41) is 15.9. The van der Waals surface area contributed by atoms with Crippen molar-refractivity contribution in [1.82, 2.24) is 24.5 Å². The third kappa shape index (κ3) is 3.23. The Morgan fingerprint density at radius 3 is 3.00 bits per heavy atom. The summed E-state index contributed by atoms with van der Waals surface area (Å²) in [6.07, 6.45) is 5.18. The van der Waals surface area contributed by atoms with Crippen LogP contribution in [0.4, 0.5) is 5.95 Å². The Balaban J connectivity index is 1.40. The molecule has 0 saturated carbocycles. The van der Waals surface area contributed by atoms with E-state index in [0.29, 0.717) is 19.0 Å². The molecular formula is C21H24N6O2. The number of hydrogen-bond acceptors (Lipinski definition) is 5. The average Bonchev–Trinajstić information content (AvgIpc) is 3.47. The van der Waals surface area contributed by atoms with Gasteiger partial charge in [0.1, 0.15) is 11.9 Å². The summed E-state index contributed by atoms with van der Waals surface area (Å²) in [6, 6.07) is 10.0. The van der Waals surface area contributed by atoms with Crippen LogP contribution in [0.1, 0.15) is 42.4 Å². The molecular weight excluding hydrogens is 368 g/mol. The lowest BCUT2D eigenvalue weighted by Crippen LogP contribution is -2.28. The van der Waals surface area contributed by atoms with Gasteiger partial charge in [-0.2, -0.15) is 5.10 Å². The normalized spacial score (nSPS) is 21.1. The number of benzene rings is 1. The van der Waals surface area contributed by atoms with Gasteiger partial charge in [0, 0.05) is 25.8 Å². The molecule has 0 spiro atoms. The van der Waals surface area contributed by atoms with Crippen LogP contribution in [0.15, 0.2) is 36.5 Å². The van der Waals surface area contributed by atoms with E-state index in [2.05, 4.69) is 33.6 Å². The van der Waals surface area contributed by atoms with Gasteiger partial charge in [-0.05, 0) is 43.9 Å². The second-order valence-corrected chi connectivity index (χ2v) is 7.68. The highest BCUT2D eigenvalue weighted by Crippen LogP contribution is 2.36. The predicted octanol–water partition coefficient (Wildman–Crippen LogP) is 2.82. The molecule has 1 N–H and O–H groups in total. The number of anilines is 1. The molecule has 29 heavy (non-hydrogen) atoms. The molecule has 8 nitrogen and oxygen atoms in total. The summed E-state index contributed by atoms with van der Waals surface area (Å²) in [5.41, 5.74) is 3.00. The van der Waals surface area contributed by atoms with Crippen molar-refractivity contribution in [1.29, 1.82) is 0 Å². The predicted molar refractivity (Wildman–Crippen MR) is 107 cm³/mol. The van der Waals surface area contributed by atoms with Crippen LogP contribution in [0.5, 0.6) is 0 Å². The van der Waals surface area contributed by atoms with Crippen molar-refractivity contribution in [3.8, 4) is 5.69 Å². The molecule has 0 unspecified atom stereocenters. The molecule has 1 amide bonds. The van der Waals surface area contributed by atoms with Crippen LogP contribution < -0.4 is 5.32 Å². The van der Waals surface area contributed by atoms with Crippen molar-refractivity contribution >= 4 is 11.9 Å². The standard InChI is InChI=1S/C21H24N6O2/c1-14-6-2-3-7-16(14)27-17(9-11-22-27)19-15(10-13-29-19)20(28)23-21-25-24-18-8-4-5-12-26(18)21/h2-3,6-7,9,11,15,19H,4-5,8,10,12-13H2,1H3,(H,23,25,28)/t15-,19-/m0/s1. The third-order valence-corrected chi connectivity index (χ3v) is 5.83. The van der Waals surface area contributed by atoms with E-state index < -0.39 is 0 Å². The largest absolute Gasteiger partial charge is 0.371 e. The molecule has 0 bridgehead atoms. The molecule has 5 rings (SSSR count). The number of carbonyl (C=O) groups excluding carboxylic acids is 1. The van der Waals surface area contributed by atoms with Crippen LogP contribution >= 0.6 is 0 Å². The van der Waals surface area contributed by atoms with Crippen molar-refractivity contribution in [2.24, 2.45) is 5.92 Å². The Kier molecular flexibility index (Phi) is 4.63. The maximum Gasteiger partial charge on any atom is 0.232 e. The highest BCUT2D eigenvalue weighted by molar-refractivity contribution is 5.91. The lowest BCUT2D eigenvalue weighted by atomic mass is 9.97. The van der Waals surface area contributed by atoms with E-state index in [1.807, 2.05) is 33.5 Å². The van der Waals surface area contributed by atoms with E-state index >= 15 is 0 Å². The van der Waals surface area contributed by atoms with Crippen LogP contribution in [0.25, 0.3) is 5.69 Å². The van der Waals surface area contributed by atoms with Gasteiger partial charge < -0.3 is 4.74 Å². The number of para-hydroxylation sites is 1. The quantitative estimate of drug-likeness (QED) is 0.738. The minimum absolute atomic E-state index is 0.0780. The van der Waals surface area contributed by atoms with Gasteiger partial charge in [-0.15, -0.1) is 10.2 Å². The number of aryl methyl sites for hydroxylation is 2. The molecule has 150 valence electrons. The first-order chi connectivity index (χ1) is 14.2. The number of rotatable bonds is 4. The highest BCUT2D eigenvalue weighted by atomic mass is 16.5. The summed E-state index contributed by atoms with van der Waals surface area (Å²) >= 11 is 0. The van der Waals surface area contributed by atoms with E-state index in [9.17, 15) is 4.79 Å². The zero-order valence-electron chi connectivity index (χ0n) is 16.4. The minimum Gasteiger partial charge on any atom is -0.371 e. The van der Waals surface area contributed by atoms with Gasteiger partial charge in [0.2, 0.25) is 11.9 Å². The molecule has 0 radical (unpaired) electrons. The summed E-state index contributed by atoms with van der Waals surface area (Å²) in [5.74, 6) is 1.11. The fraction of sp³-hybridized carbons (Fsp3) is 0.429. The molecule has 2 aromatic heterocycles. The van der Waals surface area contributed by atoms with E-state index in [1.54, 1.807) is 6.20 Å². The molecule has 1 saturated heterocycles. The van der Waals surface area contributed by atoms with Gasteiger partial charge in [-0.3, -0.25) is 14.7 Å². The third-order valence-electron chi connectivity index (χ3n) is 5.83.